The van der Waals surface area contributed by atoms with Crippen LogP contribution in [0.2, 0.25) is 0 Å². The number of fused-ring (bicyclic) bond motifs is 1. The maximum Gasteiger partial charge on any atom is 0.141 e. The molecule has 0 spiro atoms. The molecule has 1 atom stereocenters. The van der Waals surface area contributed by atoms with Gasteiger partial charge in [0, 0.05) is 11.6 Å². The molecule has 1 aromatic heterocycles. The SMILES string of the molecule is C=C(c1ccc2occc2c1F)C(C)N. The number of halogens is 1. The highest BCUT2D eigenvalue weighted by Gasteiger charge is 2.13. The summed E-state index contributed by atoms with van der Waals surface area (Å²) in [6.07, 6.45) is 1.46. The van der Waals surface area contributed by atoms with Crippen LogP contribution >= 0.6 is 0 Å². The van der Waals surface area contributed by atoms with Gasteiger partial charge in [-0.15, -0.1) is 0 Å². The summed E-state index contributed by atoms with van der Waals surface area (Å²) in [6, 6.07) is 4.71. The van der Waals surface area contributed by atoms with Gasteiger partial charge >= 0.3 is 0 Å². The number of rotatable bonds is 2. The molecule has 2 nitrogen and oxygen atoms in total. The lowest BCUT2D eigenvalue weighted by atomic mass is 10.00. The molecule has 0 aliphatic rings. The largest absolute Gasteiger partial charge is 0.464 e. The van der Waals surface area contributed by atoms with Crippen molar-refractivity contribution in [3.05, 3.63) is 42.4 Å². The topological polar surface area (TPSA) is 39.2 Å². The fraction of sp³-hybridized carbons (Fsp3) is 0.167. The van der Waals surface area contributed by atoms with Crippen LogP contribution in [0.15, 0.2) is 35.5 Å². The minimum Gasteiger partial charge on any atom is -0.464 e. The minimum absolute atomic E-state index is 0.260. The van der Waals surface area contributed by atoms with Crippen molar-refractivity contribution in [1.82, 2.24) is 0 Å². The minimum atomic E-state index is -0.316. The standard InChI is InChI=1S/C12H12FNO/c1-7(8(2)14)9-3-4-11-10(12(9)13)5-6-15-11/h3-6,8H,1,14H2,2H3. The third kappa shape index (κ3) is 1.55. The quantitative estimate of drug-likeness (QED) is 0.818. The maximum atomic E-state index is 13.9. The normalized spacial score (nSPS) is 13.0. The molecule has 0 fully saturated rings. The lowest BCUT2D eigenvalue weighted by Crippen LogP contribution is -2.16. The molecule has 0 aliphatic carbocycles. The third-order valence-electron chi connectivity index (χ3n) is 2.47. The Hall–Kier alpha value is -1.61. The van der Waals surface area contributed by atoms with Crippen LogP contribution in [-0.4, -0.2) is 6.04 Å². The van der Waals surface area contributed by atoms with Crippen LogP contribution in [0.4, 0.5) is 4.39 Å². The van der Waals surface area contributed by atoms with Gasteiger partial charge in [-0.05, 0) is 30.7 Å². The average Bonchev–Trinajstić information content (AvgIpc) is 2.66. The molecule has 15 heavy (non-hydrogen) atoms. The van der Waals surface area contributed by atoms with Crippen molar-refractivity contribution in [2.75, 3.05) is 0 Å². The summed E-state index contributed by atoms with van der Waals surface area (Å²) < 4.78 is 19.0. The summed E-state index contributed by atoms with van der Waals surface area (Å²) in [5.74, 6) is -0.316. The zero-order valence-corrected chi connectivity index (χ0v) is 8.46. The van der Waals surface area contributed by atoms with Crippen LogP contribution in [0.5, 0.6) is 0 Å². The number of benzene rings is 1. The van der Waals surface area contributed by atoms with Crippen LogP contribution in [0.25, 0.3) is 16.5 Å². The van der Waals surface area contributed by atoms with Crippen molar-refractivity contribution < 1.29 is 8.81 Å². The molecule has 0 radical (unpaired) electrons. The second-order valence-electron chi connectivity index (χ2n) is 3.57. The predicted molar refractivity (Wildman–Crippen MR) is 58.9 cm³/mol. The van der Waals surface area contributed by atoms with Gasteiger partial charge in [0.05, 0.1) is 11.6 Å². The van der Waals surface area contributed by atoms with E-state index in [1.54, 1.807) is 25.1 Å². The Morgan fingerprint density at radius 3 is 2.87 bits per heavy atom. The zero-order valence-electron chi connectivity index (χ0n) is 8.46. The zero-order chi connectivity index (χ0) is 11.0. The first-order valence-corrected chi connectivity index (χ1v) is 4.71. The first kappa shape index (κ1) is 9.93. The summed E-state index contributed by atoms with van der Waals surface area (Å²) >= 11 is 0. The molecule has 0 amide bonds. The summed E-state index contributed by atoms with van der Waals surface area (Å²) in [6.45, 7) is 5.56. The smallest absolute Gasteiger partial charge is 0.141 e. The highest BCUT2D eigenvalue weighted by molar-refractivity contribution is 5.83. The molecule has 1 unspecified atom stereocenters. The van der Waals surface area contributed by atoms with Gasteiger partial charge in [-0.25, -0.2) is 4.39 Å². The molecule has 2 rings (SSSR count). The van der Waals surface area contributed by atoms with Crippen molar-refractivity contribution in [3.8, 4) is 0 Å². The van der Waals surface area contributed by atoms with Crippen molar-refractivity contribution in [1.29, 1.82) is 0 Å². The summed E-state index contributed by atoms with van der Waals surface area (Å²) in [4.78, 5) is 0. The molecule has 0 saturated heterocycles. The van der Waals surface area contributed by atoms with Crippen LogP contribution < -0.4 is 5.73 Å². The molecule has 2 aromatic rings. The van der Waals surface area contributed by atoms with Crippen LogP contribution in [0.3, 0.4) is 0 Å². The summed E-state index contributed by atoms with van der Waals surface area (Å²) in [7, 11) is 0. The van der Waals surface area contributed by atoms with Crippen molar-refractivity contribution in [2.24, 2.45) is 5.73 Å². The van der Waals surface area contributed by atoms with Crippen LogP contribution in [0.1, 0.15) is 12.5 Å². The third-order valence-corrected chi connectivity index (χ3v) is 2.47. The molecule has 2 N–H and O–H groups in total. The first-order chi connectivity index (χ1) is 7.11. The van der Waals surface area contributed by atoms with E-state index in [9.17, 15) is 4.39 Å². The monoisotopic (exact) mass is 205 g/mol. The Kier molecular flexibility index (Phi) is 2.32. The van der Waals surface area contributed by atoms with Crippen LogP contribution in [-0.2, 0) is 0 Å². The van der Waals surface area contributed by atoms with E-state index in [2.05, 4.69) is 6.58 Å². The number of furan rings is 1. The Balaban J connectivity index is 2.62. The molecular formula is C12H12FNO. The fourth-order valence-corrected chi connectivity index (χ4v) is 1.50. The maximum absolute atomic E-state index is 13.9. The molecule has 3 heteroatoms. The molecule has 0 aliphatic heterocycles. The van der Waals surface area contributed by atoms with E-state index >= 15 is 0 Å². The molecular weight excluding hydrogens is 193 g/mol. The molecule has 78 valence electrons. The van der Waals surface area contributed by atoms with Gasteiger partial charge in [0.25, 0.3) is 0 Å². The second kappa shape index (κ2) is 3.51. The van der Waals surface area contributed by atoms with E-state index in [1.165, 1.54) is 6.26 Å². The summed E-state index contributed by atoms with van der Waals surface area (Å²) in [5.41, 5.74) is 7.25. The fourth-order valence-electron chi connectivity index (χ4n) is 1.50. The van der Waals surface area contributed by atoms with Gasteiger partial charge < -0.3 is 10.2 Å². The van der Waals surface area contributed by atoms with Crippen LogP contribution in [0, 0.1) is 5.82 Å². The highest BCUT2D eigenvalue weighted by atomic mass is 19.1. The number of nitrogens with two attached hydrogens (primary N) is 1. The van der Waals surface area contributed by atoms with Gasteiger partial charge in [0.2, 0.25) is 0 Å². The van der Waals surface area contributed by atoms with E-state index in [1.807, 2.05) is 0 Å². The number of hydrogen-bond donors (Lipinski definition) is 1. The van der Waals surface area contributed by atoms with E-state index in [-0.39, 0.29) is 11.9 Å². The molecule has 1 aromatic carbocycles. The van der Waals surface area contributed by atoms with Gasteiger partial charge in [-0.3, -0.25) is 0 Å². The van der Waals surface area contributed by atoms with E-state index in [0.717, 1.165) is 0 Å². The van der Waals surface area contributed by atoms with Crippen molar-refractivity contribution in [2.45, 2.75) is 13.0 Å². The Bertz CT molecular complexity index is 513. The van der Waals surface area contributed by atoms with Gasteiger partial charge in [0.15, 0.2) is 0 Å². The molecule has 0 bridgehead atoms. The Morgan fingerprint density at radius 2 is 2.20 bits per heavy atom. The average molecular weight is 205 g/mol. The van der Waals surface area contributed by atoms with Gasteiger partial charge in [-0.1, -0.05) is 6.58 Å². The Morgan fingerprint density at radius 1 is 1.47 bits per heavy atom. The second-order valence-corrected chi connectivity index (χ2v) is 3.57. The van der Waals surface area contributed by atoms with Gasteiger partial charge in [-0.2, -0.15) is 0 Å². The van der Waals surface area contributed by atoms with Crippen molar-refractivity contribution >= 4 is 16.5 Å². The summed E-state index contributed by atoms with van der Waals surface area (Å²) in [5, 5.41) is 0.467. The van der Waals surface area contributed by atoms with E-state index in [0.29, 0.717) is 22.1 Å². The van der Waals surface area contributed by atoms with E-state index < -0.39 is 0 Å². The first-order valence-electron chi connectivity index (χ1n) is 4.71. The van der Waals surface area contributed by atoms with E-state index in [4.69, 9.17) is 10.2 Å². The highest BCUT2D eigenvalue weighted by Crippen LogP contribution is 2.26. The van der Waals surface area contributed by atoms with Gasteiger partial charge in [0.1, 0.15) is 11.4 Å². The lowest BCUT2D eigenvalue weighted by Gasteiger charge is -2.10. The number of hydrogen-bond acceptors (Lipinski definition) is 2. The van der Waals surface area contributed by atoms with Crippen molar-refractivity contribution in [3.63, 3.8) is 0 Å². The molecule has 0 saturated carbocycles. The lowest BCUT2D eigenvalue weighted by molar-refractivity contribution is 0.609. The Labute approximate surface area is 87.2 Å². The molecule has 1 heterocycles. The predicted octanol–water partition coefficient (Wildman–Crippen LogP) is 2.93.